The van der Waals surface area contributed by atoms with E-state index in [0.29, 0.717) is 0 Å². The second-order valence-corrected chi connectivity index (χ2v) is 17.1. The van der Waals surface area contributed by atoms with Crippen LogP contribution in [-0.2, 0) is 0 Å². The highest BCUT2D eigenvalue weighted by Crippen LogP contribution is 2.48. The van der Waals surface area contributed by atoms with Gasteiger partial charge >= 0.3 is 0 Å². The smallest absolute Gasteiger partial charge is 0.0541 e. The first-order valence-corrected chi connectivity index (χ1v) is 22.5. The van der Waals surface area contributed by atoms with E-state index < -0.39 is 0 Å². The molecular weight excluding hydrogens is 783 g/mol. The fraction of sp³-hybridized carbons (Fsp3) is 0. The standard InChI is InChI=1S/C64H41N/c1-2-19-42(20-3-1)47-23-4-5-26-50(47)64-57-33-12-10-31-55(57)62(56-32-11-13-34-58(56)64)44-39-37-43(38-40-44)61-51-27-6-8-29-53(51)63(54-30-9-7-28-52(54)61)45-21-18-22-46(41-45)65-59-35-16-14-24-48(59)49-25-15-17-36-60(49)65/h1-41H. The maximum atomic E-state index is 2.41. The summed E-state index contributed by atoms with van der Waals surface area (Å²) in [5.41, 5.74) is 15.9. The zero-order valence-electron chi connectivity index (χ0n) is 35.6. The van der Waals surface area contributed by atoms with Gasteiger partial charge in [-0.05, 0) is 123 Å². The molecule has 0 unspecified atom stereocenters. The number of fused-ring (bicyclic) bond motifs is 7. The van der Waals surface area contributed by atoms with Crippen molar-refractivity contribution in [1.82, 2.24) is 4.57 Å². The lowest BCUT2D eigenvalue weighted by Gasteiger charge is -2.20. The Bertz CT molecular complexity index is 3820. The van der Waals surface area contributed by atoms with E-state index >= 15 is 0 Å². The molecule has 0 saturated heterocycles. The molecule has 1 nitrogen and oxygen atoms in total. The van der Waals surface area contributed by atoms with Crippen LogP contribution in [0.5, 0.6) is 0 Å². The summed E-state index contributed by atoms with van der Waals surface area (Å²) in [4.78, 5) is 0. The first-order valence-electron chi connectivity index (χ1n) is 22.5. The van der Waals surface area contributed by atoms with Crippen molar-refractivity contribution in [3.63, 3.8) is 0 Å². The highest BCUT2D eigenvalue weighted by molar-refractivity contribution is 6.24. The van der Waals surface area contributed by atoms with Crippen molar-refractivity contribution in [2.24, 2.45) is 0 Å². The summed E-state index contributed by atoms with van der Waals surface area (Å²) >= 11 is 0. The lowest BCUT2D eigenvalue weighted by atomic mass is 9.83. The summed E-state index contributed by atoms with van der Waals surface area (Å²) in [7, 11) is 0. The minimum atomic E-state index is 1.15. The molecule has 0 radical (unpaired) electrons. The van der Waals surface area contributed by atoms with E-state index in [1.807, 2.05) is 0 Å². The molecule has 1 heteroatoms. The average Bonchev–Trinajstić information content (AvgIpc) is 3.72. The number of rotatable bonds is 6. The van der Waals surface area contributed by atoms with Crippen molar-refractivity contribution in [1.29, 1.82) is 0 Å². The van der Waals surface area contributed by atoms with Gasteiger partial charge < -0.3 is 4.57 Å². The zero-order valence-corrected chi connectivity index (χ0v) is 35.6. The quantitative estimate of drug-likeness (QED) is 0.147. The van der Waals surface area contributed by atoms with Gasteiger partial charge in [-0.1, -0.05) is 224 Å². The van der Waals surface area contributed by atoms with E-state index in [2.05, 4.69) is 253 Å². The highest BCUT2D eigenvalue weighted by atomic mass is 15.0. The molecule has 0 aliphatic carbocycles. The lowest BCUT2D eigenvalue weighted by molar-refractivity contribution is 1.18. The monoisotopic (exact) mass is 823 g/mol. The van der Waals surface area contributed by atoms with Gasteiger partial charge in [0.15, 0.2) is 0 Å². The van der Waals surface area contributed by atoms with Crippen LogP contribution in [0.2, 0.25) is 0 Å². The average molecular weight is 824 g/mol. The summed E-state index contributed by atoms with van der Waals surface area (Å²) < 4.78 is 2.41. The maximum Gasteiger partial charge on any atom is 0.0541 e. The Balaban J connectivity index is 0.980. The Morgan fingerprint density at radius 1 is 0.200 bits per heavy atom. The second kappa shape index (κ2) is 15.1. The molecule has 0 saturated carbocycles. The van der Waals surface area contributed by atoms with Crippen molar-refractivity contribution in [3.8, 4) is 61.3 Å². The minimum Gasteiger partial charge on any atom is -0.309 e. The Hall–Kier alpha value is -8.52. The number of hydrogen-bond donors (Lipinski definition) is 0. The lowest BCUT2D eigenvalue weighted by Crippen LogP contribution is -1.95. The van der Waals surface area contributed by atoms with E-state index in [-0.39, 0.29) is 0 Å². The Labute approximate surface area is 377 Å². The van der Waals surface area contributed by atoms with Crippen LogP contribution in [0, 0.1) is 0 Å². The first kappa shape index (κ1) is 37.1. The molecule has 0 aliphatic heterocycles. The molecule has 0 amide bonds. The fourth-order valence-electron chi connectivity index (χ4n) is 10.9. The first-order chi connectivity index (χ1) is 32.3. The zero-order chi connectivity index (χ0) is 42.8. The van der Waals surface area contributed by atoms with Crippen LogP contribution in [0.3, 0.4) is 0 Å². The van der Waals surface area contributed by atoms with Crippen LogP contribution in [0.25, 0.3) is 126 Å². The molecule has 302 valence electrons. The van der Waals surface area contributed by atoms with E-state index in [1.54, 1.807) is 0 Å². The fourth-order valence-corrected chi connectivity index (χ4v) is 10.9. The van der Waals surface area contributed by atoms with E-state index in [1.165, 1.54) is 121 Å². The van der Waals surface area contributed by atoms with Crippen LogP contribution in [0.4, 0.5) is 0 Å². The molecule has 1 heterocycles. The van der Waals surface area contributed by atoms with Crippen LogP contribution < -0.4 is 0 Å². The molecule has 0 aliphatic rings. The van der Waals surface area contributed by atoms with Crippen molar-refractivity contribution in [3.05, 3.63) is 249 Å². The van der Waals surface area contributed by atoms with Crippen molar-refractivity contribution in [2.45, 2.75) is 0 Å². The highest BCUT2D eigenvalue weighted by Gasteiger charge is 2.21. The van der Waals surface area contributed by atoms with Gasteiger partial charge in [0.25, 0.3) is 0 Å². The molecule has 0 atom stereocenters. The number of nitrogens with zero attached hydrogens (tertiary/aromatic N) is 1. The second-order valence-electron chi connectivity index (χ2n) is 17.1. The van der Waals surface area contributed by atoms with E-state index in [0.717, 1.165) is 5.69 Å². The number of hydrogen-bond acceptors (Lipinski definition) is 0. The van der Waals surface area contributed by atoms with Gasteiger partial charge in [0.2, 0.25) is 0 Å². The van der Waals surface area contributed by atoms with Gasteiger partial charge in [-0.25, -0.2) is 0 Å². The Morgan fingerprint density at radius 3 is 1.00 bits per heavy atom. The summed E-state index contributed by atoms with van der Waals surface area (Å²) in [5.74, 6) is 0. The summed E-state index contributed by atoms with van der Waals surface area (Å²) in [5, 5.41) is 12.5. The third-order valence-electron chi connectivity index (χ3n) is 13.6. The Kier molecular flexibility index (Phi) is 8.60. The predicted octanol–water partition coefficient (Wildman–Crippen LogP) is 17.7. The van der Waals surface area contributed by atoms with Crippen molar-refractivity contribution in [2.75, 3.05) is 0 Å². The number of benzene rings is 12. The molecule has 0 bridgehead atoms. The van der Waals surface area contributed by atoms with Crippen molar-refractivity contribution < 1.29 is 0 Å². The van der Waals surface area contributed by atoms with Crippen LogP contribution in [0.15, 0.2) is 249 Å². The van der Waals surface area contributed by atoms with Gasteiger partial charge in [-0.2, -0.15) is 0 Å². The van der Waals surface area contributed by atoms with Gasteiger partial charge in [-0.3, -0.25) is 0 Å². The SMILES string of the molecule is c1ccc(-c2ccccc2-c2c3ccccc3c(-c3ccc(-c4c5ccccc5c(-c5cccc(-n6c7ccccc7c7ccccc76)c5)c5ccccc45)cc3)c3ccccc23)cc1. The summed E-state index contributed by atoms with van der Waals surface area (Å²) in [6, 6.07) is 91.5. The van der Waals surface area contributed by atoms with Crippen LogP contribution in [0.1, 0.15) is 0 Å². The molecular formula is C64H41N. The molecule has 13 rings (SSSR count). The van der Waals surface area contributed by atoms with E-state index in [9.17, 15) is 0 Å². The number of aromatic nitrogens is 1. The van der Waals surface area contributed by atoms with Gasteiger partial charge in [0.05, 0.1) is 11.0 Å². The van der Waals surface area contributed by atoms with Gasteiger partial charge in [0, 0.05) is 16.5 Å². The molecule has 13 aromatic rings. The maximum absolute atomic E-state index is 2.41. The van der Waals surface area contributed by atoms with Crippen LogP contribution in [-0.4, -0.2) is 4.57 Å². The molecule has 1 aromatic heterocycles. The molecule has 65 heavy (non-hydrogen) atoms. The van der Waals surface area contributed by atoms with Gasteiger partial charge in [0.1, 0.15) is 0 Å². The van der Waals surface area contributed by atoms with Crippen LogP contribution >= 0.6 is 0 Å². The molecule has 0 spiro atoms. The largest absolute Gasteiger partial charge is 0.309 e. The predicted molar refractivity (Wildman–Crippen MR) is 278 cm³/mol. The van der Waals surface area contributed by atoms with Crippen molar-refractivity contribution >= 4 is 64.9 Å². The molecule has 12 aromatic carbocycles. The normalized spacial score (nSPS) is 11.7. The molecule has 0 N–H and O–H groups in total. The minimum absolute atomic E-state index is 1.15. The summed E-state index contributed by atoms with van der Waals surface area (Å²) in [6.45, 7) is 0. The summed E-state index contributed by atoms with van der Waals surface area (Å²) in [6.07, 6.45) is 0. The number of para-hydroxylation sites is 2. The van der Waals surface area contributed by atoms with E-state index in [4.69, 9.17) is 0 Å². The topological polar surface area (TPSA) is 4.93 Å². The Morgan fingerprint density at radius 2 is 0.538 bits per heavy atom. The third-order valence-corrected chi connectivity index (χ3v) is 13.6. The van der Waals surface area contributed by atoms with Gasteiger partial charge in [-0.15, -0.1) is 0 Å². The molecule has 0 fully saturated rings. The third kappa shape index (κ3) is 5.87.